The fraction of sp³-hybridized carbons (Fsp3) is 0.160. The van der Waals surface area contributed by atoms with Crippen LogP contribution < -0.4 is 24.7 Å². The Bertz CT molecular complexity index is 1170. The van der Waals surface area contributed by atoms with Crippen LogP contribution in [0.4, 0.5) is 0 Å². The van der Waals surface area contributed by atoms with Gasteiger partial charge in [0.2, 0.25) is 5.75 Å². The molecule has 0 aliphatic rings. The molecule has 8 heteroatoms. The second kappa shape index (κ2) is 10.9. The van der Waals surface area contributed by atoms with Gasteiger partial charge in [0.1, 0.15) is 12.8 Å². The van der Waals surface area contributed by atoms with Crippen molar-refractivity contribution in [2.24, 2.45) is 0 Å². The monoisotopic (exact) mass is 444 g/mol. The maximum absolute atomic E-state index is 5.97. The van der Waals surface area contributed by atoms with E-state index in [0.717, 1.165) is 11.1 Å². The molecular weight excluding hydrogens is 420 g/mol. The summed E-state index contributed by atoms with van der Waals surface area (Å²) in [5, 5.41) is 0. The van der Waals surface area contributed by atoms with E-state index in [1.165, 1.54) is 4.68 Å². The van der Waals surface area contributed by atoms with Gasteiger partial charge in [-0.15, -0.1) is 0 Å². The number of rotatable bonds is 10. The average molecular weight is 444 g/mol. The number of aromatic nitrogens is 3. The Morgan fingerprint density at radius 1 is 0.909 bits per heavy atom. The van der Waals surface area contributed by atoms with Crippen molar-refractivity contribution >= 4 is 0 Å². The summed E-state index contributed by atoms with van der Waals surface area (Å²) in [5.74, 6) is 7.71. The van der Waals surface area contributed by atoms with Crippen molar-refractivity contribution in [3.05, 3.63) is 90.9 Å². The molecule has 2 aromatic heterocycles. The molecule has 0 saturated carbocycles. The summed E-state index contributed by atoms with van der Waals surface area (Å²) in [6, 6.07) is 20.8. The third-order valence-electron chi connectivity index (χ3n) is 4.63. The van der Waals surface area contributed by atoms with Crippen molar-refractivity contribution in [3.63, 3.8) is 0 Å². The van der Waals surface area contributed by atoms with Crippen LogP contribution in [-0.4, -0.2) is 30.3 Å². The van der Waals surface area contributed by atoms with Crippen LogP contribution in [0.1, 0.15) is 5.56 Å². The highest BCUT2D eigenvalue weighted by Gasteiger charge is 2.16. The van der Waals surface area contributed by atoms with Crippen LogP contribution in [0, 0.1) is 6.20 Å². The SMILES string of the molecule is COc1ccccc1Oc1[c]nc(-c2cc[n+](N)cc2)nc1OCCOCc1ccccc1. The van der Waals surface area contributed by atoms with Gasteiger partial charge in [0.15, 0.2) is 29.7 Å². The fourth-order valence-corrected chi connectivity index (χ4v) is 2.98. The van der Waals surface area contributed by atoms with E-state index in [9.17, 15) is 0 Å². The summed E-state index contributed by atoms with van der Waals surface area (Å²) in [6.07, 6.45) is 6.30. The first-order chi connectivity index (χ1) is 16.2. The molecule has 4 aromatic rings. The van der Waals surface area contributed by atoms with Gasteiger partial charge >= 0.3 is 0 Å². The Morgan fingerprint density at radius 2 is 1.64 bits per heavy atom. The minimum absolute atomic E-state index is 0.246. The van der Waals surface area contributed by atoms with Gasteiger partial charge < -0.3 is 18.9 Å². The molecule has 0 amide bonds. The minimum Gasteiger partial charge on any atom is -0.493 e. The van der Waals surface area contributed by atoms with E-state index in [-0.39, 0.29) is 18.2 Å². The van der Waals surface area contributed by atoms with Crippen molar-refractivity contribution < 1.29 is 23.6 Å². The zero-order valence-corrected chi connectivity index (χ0v) is 18.2. The number of hydrogen-bond acceptors (Lipinski definition) is 7. The smallest absolute Gasteiger partial charge is 0.262 e. The van der Waals surface area contributed by atoms with Crippen molar-refractivity contribution in [1.29, 1.82) is 0 Å². The normalized spacial score (nSPS) is 10.6. The van der Waals surface area contributed by atoms with Crippen molar-refractivity contribution in [3.8, 4) is 34.5 Å². The van der Waals surface area contributed by atoms with Gasteiger partial charge in [-0.3, -0.25) is 0 Å². The van der Waals surface area contributed by atoms with Crippen molar-refractivity contribution in [2.75, 3.05) is 26.2 Å². The second-order valence-corrected chi connectivity index (χ2v) is 6.97. The van der Waals surface area contributed by atoms with E-state index in [4.69, 9.17) is 24.8 Å². The van der Waals surface area contributed by atoms with Gasteiger partial charge in [-0.05, 0) is 17.7 Å². The molecule has 0 unspecified atom stereocenters. The van der Waals surface area contributed by atoms with Gasteiger partial charge in [-0.25, -0.2) is 10.8 Å². The first kappa shape index (κ1) is 22.0. The summed E-state index contributed by atoms with van der Waals surface area (Å²) in [6.45, 7) is 1.15. The standard InChI is InChI=1S/C25H24N4O4/c1-30-21-9-5-6-10-22(21)33-23-17-27-24(20-11-13-29(26)14-12-20)28-25(23)32-16-15-31-18-19-7-3-2-4-8-19/h2-14H,15-16,18,26H2,1H3/q+1. The predicted molar refractivity (Wildman–Crippen MR) is 121 cm³/mol. The number of ether oxygens (including phenoxy) is 4. The van der Waals surface area contributed by atoms with E-state index in [1.807, 2.05) is 42.5 Å². The molecule has 1 radical (unpaired) electrons. The molecule has 33 heavy (non-hydrogen) atoms. The topological polar surface area (TPSA) is 92.6 Å². The van der Waals surface area contributed by atoms with Crippen molar-refractivity contribution in [2.45, 2.75) is 6.61 Å². The summed E-state index contributed by atoms with van der Waals surface area (Å²) >= 11 is 0. The number of methoxy groups -OCH3 is 1. The van der Waals surface area contributed by atoms with Gasteiger partial charge in [-0.2, -0.15) is 4.98 Å². The molecule has 0 bridgehead atoms. The van der Waals surface area contributed by atoms with Gasteiger partial charge in [0, 0.05) is 17.7 Å². The second-order valence-electron chi connectivity index (χ2n) is 6.97. The molecule has 8 nitrogen and oxygen atoms in total. The highest BCUT2D eigenvalue weighted by molar-refractivity contribution is 5.55. The van der Waals surface area contributed by atoms with Crippen LogP contribution in [0.3, 0.4) is 0 Å². The van der Waals surface area contributed by atoms with E-state index >= 15 is 0 Å². The molecular formula is C25H24N4O4+. The molecule has 0 aliphatic heterocycles. The van der Waals surface area contributed by atoms with Crippen LogP contribution in [0.15, 0.2) is 79.1 Å². The number of nitrogens with two attached hydrogens (primary N) is 1. The molecule has 0 fully saturated rings. The number of nitrogens with zero attached hydrogens (tertiary/aromatic N) is 3. The molecule has 2 N–H and O–H groups in total. The zero-order valence-electron chi connectivity index (χ0n) is 18.2. The summed E-state index contributed by atoms with van der Waals surface area (Å²) < 4.78 is 24.4. The number of para-hydroxylation sites is 2. The fourth-order valence-electron chi connectivity index (χ4n) is 2.98. The van der Waals surface area contributed by atoms with E-state index in [2.05, 4.69) is 16.2 Å². The summed E-state index contributed by atoms with van der Waals surface area (Å²) in [4.78, 5) is 8.86. The third kappa shape index (κ3) is 5.96. The first-order valence-electron chi connectivity index (χ1n) is 10.3. The highest BCUT2D eigenvalue weighted by atomic mass is 16.6. The highest BCUT2D eigenvalue weighted by Crippen LogP contribution is 2.35. The van der Waals surface area contributed by atoms with Crippen LogP contribution >= 0.6 is 0 Å². The molecule has 0 spiro atoms. The first-order valence-corrected chi connectivity index (χ1v) is 10.3. The molecule has 167 valence electrons. The molecule has 2 aromatic carbocycles. The number of hydrogen-bond donors (Lipinski definition) is 1. The molecule has 0 atom stereocenters. The Hall–Kier alpha value is -4.17. The van der Waals surface area contributed by atoms with E-state index < -0.39 is 0 Å². The Balaban J connectivity index is 1.50. The molecule has 0 aliphatic carbocycles. The zero-order chi connectivity index (χ0) is 22.9. The number of pyridine rings is 1. The van der Waals surface area contributed by atoms with Gasteiger partial charge in [-0.1, -0.05) is 47.1 Å². The van der Waals surface area contributed by atoms with Crippen LogP contribution in [0.2, 0.25) is 0 Å². The lowest BCUT2D eigenvalue weighted by Crippen LogP contribution is -2.43. The predicted octanol–water partition coefficient (Wildman–Crippen LogP) is 3.34. The quantitative estimate of drug-likeness (QED) is 0.228. The molecule has 2 heterocycles. The molecule has 4 rings (SSSR count). The van der Waals surface area contributed by atoms with Gasteiger partial charge in [0.25, 0.3) is 5.88 Å². The Morgan fingerprint density at radius 3 is 2.39 bits per heavy atom. The third-order valence-corrected chi connectivity index (χ3v) is 4.63. The lowest BCUT2D eigenvalue weighted by atomic mass is 10.2. The van der Waals surface area contributed by atoms with Crippen molar-refractivity contribution in [1.82, 2.24) is 9.97 Å². The van der Waals surface area contributed by atoms with Crippen LogP contribution in [-0.2, 0) is 11.3 Å². The number of benzene rings is 2. The number of nitrogen functional groups attached to an aromatic ring is 1. The van der Waals surface area contributed by atoms with Gasteiger partial charge in [0.05, 0.1) is 20.3 Å². The lowest BCUT2D eigenvalue weighted by molar-refractivity contribution is -0.638. The lowest BCUT2D eigenvalue weighted by Gasteiger charge is -2.14. The average Bonchev–Trinajstić information content (AvgIpc) is 2.86. The van der Waals surface area contributed by atoms with E-state index in [1.54, 1.807) is 43.8 Å². The Kier molecular flexibility index (Phi) is 7.29. The summed E-state index contributed by atoms with van der Waals surface area (Å²) in [7, 11) is 1.58. The molecule has 0 saturated heterocycles. The maximum Gasteiger partial charge on any atom is 0.262 e. The largest absolute Gasteiger partial charge is 0.493 e. The summed E-state index contributed by atoms with van der Waals surface area (Å²) in [5.41, 5.74) is 1.86. The van der Waals surface area contributed by atoms with E-state index in [0.29, 0.717) is 30.5 Å². The minimum atomic E-state index is 0.246. The van der Waals surface area contributed by atoms with Crippen LogP contribution in [0.25, 0.3) is 11.4 Å². The van der Waals surface area contributed by atoms with Crippen LogP contribution in [0.5, 0.6) is 23.1 Å². The maximum atomic E-state index is 5.97. The Labute approximate surface area is 192 Å².